The quantitative estimate of drug-likeness (QED) is 0.582. The van der Waals surface area contributed by atoms with E-state index in [0.29, 0.717) is 11.1 Å². The molecule has 0 spiro atoms. The van der Waals surface area contributed by atoms with Crippen molar-refractivity contribution in [3.63, 3.8) is 0 Å². The number of nitrogens with zero attached hydrogens (tertiary/aromatic N) is 2. The molecule has 0 saturated heterocycles. The van der Waals surface area contributed by atoms with Gasteiger partial charge in [-0.3, -0.25) is 4.98 Å². The molecule has 18 heavy (non-hydrogen) atoms. The van der Waals surface area contributed by atoms with Gasteiger partial charge in [-0.2, -0.15) is 17.6 Å². The topological polar surface area (TPSA) is 25.8 Å². The minimum absolute atomic E-state index is 0.0788. The fourth-order valence-corrected chi connectivity index (χ4v) is 1.56. The van der Waals surface area contributed by atoms with Crippen LogP contribution in [0.4, 0.5) is 17.6 Å². The number of halogens is 5. The second-order valence-corrected chi connectivity index (χ2v) is 3.82. The highest BCUT2D eigenvalue weighted by Gasteiger charge is 2.32. The van der Waals surface area contributed by atoms with Gasteiger partial charge < -0.3 is 0 Å². The van der Waals surface area contributed by atoms with Gasteiger partial charge in [0.2, 0.25) is 5.95 Å². The van der Waals surface area contributed by atoms with E-state index in [0.717, 1.165) is 18.3 Å². The first-order chi connectivity index (χ1) is 8.36. The van der Waals surface area contributed by atoms with Gasteiger partial charge in [-0.1, -0.05) is 17.7 Å². The summed E-state index contributed by atoms with van der Waals surface area (Å²) in [7, 11) is 0. The van der Waals surface area contributed by atoms with Crippen molar-refractivity contribution < 1.29 is 17.6 Å². The summed E-state index contributed by atoms with van der Waals surface area (Å²) in [5, 5.41) is -0.0788. The Bertz CT molecular complexity index is 546. The summed E-state index contributed by atoms with van der Waals surface area (Å²) in [6, 6.07) is 4.42. The van der Waals surface area contributed by atoms with Crippen molar-refractivity contribution in [3.05, 3.63) is 47.3 Å². The predicted molar refractivity (Wildman–Crippen MR) is 57.4 cm³/mol. The zero-order valence-electron chi connectivity index (χ0n) is 8.67. The molecule has 0 amide bonds. The third-order valence-corrected chi connectivity index (χ3v) is 2.34. The van der Waals surface area contributed by atoms with Crippen molar-refractivity contribution in [2.24, 2.45) is 0 Å². The lowest BCUT2D eigenvalue weighted by Gasteiger charge is -2.06. The minimum atomic E-state index is -4.50. The number of hydrogen-bond acceptors (Lipinski definition) is 2. The first kappa shape index (κ1) is 12.8. The summed E-state index contributed by atoms with van der Waals surface area (Å²) >= 11 is 5.55. The highest BCUT2D eigenvalue weighted by molar-refractivity contribution is 6.29. The number of alkyl halides is 3. The van der Waals surface area contributed by atoms with Gasteiger partial charge in [0, 0.05) is 17.8 Å². The molecule has 0 atom stereocenters. The fraction of sp³-hybridized carbons (Fsp3) is 0.0909. The van der Waals surface area contributed by atoms with E-state index in [9.17, 15) is 17.6 Å². The molecule has 0 N–H and O–H groups in total. The first-order valence-electron chi connectivity index (χ1n) is 4.73. The largest absolute Gasteiger partial charge is 0.433 e. The molecule has 0 aliphatic rings. The Balaban J connectivity index is 2.40. The molecule has 2 nitrogen and oxygen atoms in total. The Kier molecular flexibility index (Phi) is 3.21. The number of rotatable bonds is 1. The van der Waals surface area contributed by atoms with Gasteiger partial charge in [-0.25, -0.2) is 4.98 Å². The van der Waals surface area contributed by atoms with Crippen molar-refractivity contribution in [1.29, 1.82) is 0 Å². The predicted octanol–water partition coefficient (Wildman–Crippen LogP) is 3.95. The molecule has 0 aromatic carbocycles. The number of pyridine rings is 2. The standard InChI is InChI=1S/C11H5ClF4N2/c12-9-3-7(4-10(13)18-9)6-1-2-8(17-5-6)11(14,15)16/h1-5H. The summed E-state index contributed by atoms with van der Waals surface area (Å²) in [6.07, 6.45) is -3.49. The molecule has 7 heteroatoms. The van der Waals surface area contributed by atoms with E-state index in [2.05, 4.69) is 9.97 Å². The lowest BCUT2D eigenvalue weighted by Crippen LogP contribution is -2.07. The van der Waals surface area contributed by atoms with Gasteiger partial charge in [0.1, 0.15) is 10.8 Å². The minimum Gasteiger partial charge on any atom is -0.251 e. The van der Waals surface area contributed by atoms with Gasteiger partial charge in [-0.15, -0.1) is 0 Å². The van der Waals surface area contributed by atoms with Gasteiger partial charge >= 0.3 is 6.18 Å². The molecule has 0 radical (unpaired) electrons. The van der Waals surface area contributed by atoms with Crippen molar-refractivity contribution in [1.82, 2.24) is 9.97 Å². The molecular formula is C11H5ClF4N2. The average molecular weight is 277 g/mol. The van der Waals surface area contributed by atoms with Crippen LogP contribution in [-0.2, 0) is 6.18 Å². The molecule has 2 heterocycles. The van der Waals surface area contributed by atoms with E-state index < -0.39 is 17.8 Å². The molecule has 0 bridgehead atoms. The van der Waals surface area contributed by atoms with Gasteiger partial charge in [-0.05, 0) is 17.7 Å². The third kappa shape index (κ3) is 2.76. The maximum absolute atomic E-state index is 13.0. The Morgan fingerprint density at radius 2 is 1.78 bits per heavy atom. The first-order valence-corrected chi connectivity index (χ1v) is 5.11. The van der Waals surface area contributed by atoms with Crippen LogP contribution in [0.3, 0.4) is 0 Å². The molecule has 0 saturated carbocycles. The van der Waals surface area contributed by atoms with E-state index in [1.165, 1.54) is 12.1 Å². The fourth-order valence-electron chi connectivity index (χ4n) is 1.36. The molecule has 0 unspecified atom stereocenters. The number of hydrogen-bond donors (Lipinski definition) is 0. The van der Waals surface area contributed by atoms with E-state index in [1.807, 2.05) is 0 Å². The molecule has 2 aromatic heterocycles. The SMILES string of the molecule is Fc1cc(-c2ccc(C(F)(F)F)nc2)cc(Cl)n1. The van der Waals surface area contributed by atoms with Crippen LogP contribution in [0, 0.1) is 5.95 Å². The van der Waals surface area contributed by atoms with Crippen LogP contribution in [0.15, 0.2) is 30.5 Å². The van der Waals surface area contributed by atoms with Crippen LogP contribution in [0.1, 0.15) is 5.69 Å². The summed E-state index contributed by atoms with van der Waals surface area (Å²) in [6.45, 7) is 0. The van der Waals surface area contributed by atoms with Crippen LogP contribution in [-0.4, -0.2) is 9.97 Å². The van der Waals surface area contributed by atoms with Crippen LogP contribution in [0.25, 0.3) is 11.1 Å². The second-order valence-electron chi connectivity index (χ2n) is 3.43. The lowest BCUT2D eigenvalue weighted by atomic mass is 10.1. The van der Waals surface area contributed by atoms with Crippen molar-refractivity contribution in [2.45, 2.75) is 6.18 Å². The van der Waals surface area contributed by atoms with Crippen LogP contribution < -0.4 is 0 Å². The summed E-state index contributed by atoms with van der Waals surface area (Å²) in [5.41, 5.74) is -0.369. The summed E-state index contributed by atoms with van der Waals surface area (Å²) in [5.74, 6) is -0.808. The van der Waals surface area contributed by atoms with Crippen molar-refractivity contribution in [2.75, 3.05) is 0 Å². The monoisotopic (exact) mass is 276 g/mol. The normalized spacial score (nSPS) is 11.6. The van der Waals surface area contributed by atoms with E-state index in [-0.39, 0.29) is 5.15 Å². The molecule has 2 aromatic rings. The highest BCUT2D eigenvalue weighted by atomic mass is 35.5. The van der Waals surface area contributed by atoms with Crippen molar-refractivity contribution in [3.8, 4) is 11.1 Å². The average Bonchev–Trinajstić information content (AvgIpc) is 2.27. The molecule has 94 valence electrons. The van der Waals surface area contributed by atoms with Crippen LogP contribution in [0.5, 0.6) is 0 Å². The van der Waals surface area contributed by atoms with Crippen LogP contribution in [0.2, 0.25) is 5.15 Å². The van der Waals surface area contributed by atoms with E-state index in [1.54, 1.807) is 0 Å². The summed E-state index contributed by atoms with van der Waals surface area (Å²) in [4.78, 5) is 6.59. The maximum Gasteiger partial charge on any atom is 0.433 e. The molecule has 0 aliphatic heterocycles. The smallest absolute Gasteiger partial charge is 0.251 e. The zero-order chi connectivity index (χ0) is 13.3. The zero-order valence-corrected chi connectivity index (χ0v) is 9.43. The highest BCUT2D eigenvalue weighted by Crippen LogP contribution is 2.29. The molecule has 0 aliphatic carbocycles. The second kappa shape index (κ2) is 4.53. The van der Waals surface area contributed by atoms with Gasteiger partial charge in [0.15, 0.2) is 0 Å². The summed E-state index contributed by atoms with van der Waals surface area (Å²) < 4.78 is 49.9. The maximum atomic E-state index is 13.0. The Labute approximate surface area is 104 Å². The van der Waals surface area contributed by atoms with Crippen molar-refractivity contribution >= 4 is 11.6 Å². The van der Waals surface area contributed by atoms with Crippen LogP contribution >= 0.6 is 11.6 Å². The molecule has 0 fully saturated rings. The van der Waals surface area contributed by atoms with Gasteiger partial charge in [0.25, 0.3) is 0 Å². The van der Waals surface area contributed by atoms with E-state index in [4.69, 9.17) is 11.6 Å². The Hall–Kier alpha value is -1.69. The van der Waals surface area contributed by atoms with E-state index >= 15 is 0 Å². The van der Waals surface area contributed by atoms with Gasteiger partial charge in [0.05, 0.1) is 0 Å². The third-order valence-electron chi connectivity index (χ3n) is 2.15. The molecule has 2 rings (SSSR count). The Morgan fingerprint density at radius 1 is 1.06 bits per heavy atom. The Morgan fingerprint density at radius 3 is 2.28 bits per heavy atom. The number of aromatic nitrogens is 2. The molecular weight excluding hydrogens is 272 g/mol. The lowest BCUT2D eigenvalue weighted by molar-refractivity contribution is -0.141.